The fourth-order valence-corrected chi connectivity index (χ4v) is 4.63. The Labute approximate surface area is 186 Å². The van der Waals surface area contributed by atoms with E-state index >= 15 is 0 Å². The summed E-state index contributed by atoms with van der Waals surface area (Å²) < 4.78 is 14.4. The Morgan fingerprint density at radius 2 is 1.59 bits per heavy atom. The largest absolute Gasteiger partial charge is 0.439 e. The van der Waals surface area contributed by atoms with Crippen LogP contribution in [0.5, 0.6) is 5.75 Å². The number of hydrogen-bond donors (Lipinski definition) is 0. The number of allylic oxidation sites excluding steroid dienone is 2. The Balaban J connectivity index is 1.38. The lowest BCUT2D eigenvalue weighted by Gasteiger charge is -2.16. The fraction of sp³-hybridized carbons (Fsp3) is 0.107. The third-order valence-corrected chi connectivity index (χ3v) is 6.15. The van der Waals surface area contributed by atoms with Crippen LogP contribution < -0.4 is 14.2 Å². The van der Waals surface area contributed by atoms with Crippen molar-refractivity contribution in [3.63, 3.8) is 0 Å². The Hall–Kier alpha value is -4.05. The lowest BCUT2D eigenvalue weighted by atomic mass is 10.1. The molecule has 0 bridgehead atoms. The molecule has 2 heterocycles. The number of anilines is 1. The second kappa shape index (κ2) is 7.27. The molecule has 0 saturated heterocycles. The monoisotopic (exact) mass is 419 g/mol. The zero-order valence-electron chi connectivity index (χ0n) is 18.1. The van der Waals surface area contributed by atoms with Crippen LogP contribution in [-0.4, -0.2) is 6.54 Å². The van der Waals surface area contributed by atoms with Gasteiger partial charge in [-0.3, -0.25) is 0 Å². The molecule has 4 nitrogen and oxygen atoms in total. The van der Waals surface area contributed by atoms with Crippen molar-refractivity contribution in [1.82, 2.24) is 0 Å². The topological polar surface area (TPSA) is 29.5 Å². The van der Waals surface area contributed by atoms with Gasteiger partial charge in [0.15, 0.2) is 5.75 Å². The summed E-state index contributed by atoms with van der Waals surface area (Å²) in [7, 11) is 2.04. The van der Waals surface area contributed by atoms with E-state index in [-0.39, 0.29) is 0 Å². The summed E-state index contributed by atoms with van der Waals surface area (Å²) in [5.74, 6) is 2.50. The van der Waals surface area contributed by atoms with Gasteiger partial charge in [-0.2, -0.15) is 4.57 Å². The SMILES string of the molecule is CCN1C(=CC=Cc2oc3ccc4ccccc4c3[n+]2C)Oc2ccc3ccccc3c21. The maximum Gasteiger partial charge on any atom is 0.373 e. The van der Waals surface area contributed by atoms with Crippen molar-refractivity contribution in [1.29, 1.82) is 0 Å². The number of rotatable bonds is 3. The molecule has 1 aliphatic rings. The van der Waals surface area contributed by atoms with E-state index in [1.165, 1.54) is 21.5 Å². The smallest absolute Gasteiger partial charge is 0.373 e. The molecule has 0 atom stereocenters. The van der Waals surface area contributed by atoms with Gasteiger partial charge in [-0.15, -0.1) is 0 Å². The van der Waals surface area contributed by atoms with Crippen LogP contribution in [0.25, 0.3) is 38.7 Å². The van der Waals surface area contributed by atoms with Crippen LogP contribution >= 0.6 is 0 Å². The van der Waals surface area contributed by atoms with Crippen LogP contribution in [0.3, 0.4) is 0 Å². The van der Waals surface area contributed by atoms with Crippen molar-refractivity contribution in [2.24, 2.45) is 7.05 Å². The lowest BCUT2D eigenvalue weighted by Crippen LogP contribution is -2.29. The molecule has 1 aliphatic heterocycles. The minimum atomic E-state index is 0.789. The van der Waals surface area contributed by atoms with Crippen molar-refractivity contribution in [2.75, 3.05) is 11.4 Å². The van der Waals surface area contributed by atoms with Gasteiger partial charge in [0.25, 0.3) is 5.52 Å². The first-order valence-electron chi connectivity index (χ1n) is 10.9. The molecule has 0 amide bonds. The minimum absolute atomic E-state index is 0.789. The van der Waals surface area contributed by atoms with Crippen molar-refractivity contribution < 1.29 is 13.7 Å². The molecule has 5 aromatic rings. The molecular formula is C28H23N2O2+. The summed E-state index contributed by atoms with van der Waals surface area (Å²) in [6.07, 6.45) is 5.98. The maximum absolute atomic E-state index is 6.20. The van der Waals surface area contributed by atoms with Crippen LogP contribution in [0.15, 0.2) is 95.2 Å². The van der Waals surface area contributed by atoms with Gasteiger partial charge in [0.05, 0.1) is 17.1 Å². The molecule has 0 fully saturated rings. The van der Waals surface area contributed by atoms with E-state index in [2.05, 4.69) is 83.1 Å². The first-order valence-corrected chi connectivity index (χ1v) is 10.9. The first kappa shape index (κ1) is 18.7. The van der Waals surface area contributed by atoms with Gasteiger partial charge in [-0.25, -0.2) is 0 Å². The van der Waals surface area contributed by atoms with Gasteiger partial charge < -0.3 is 14.1 Å². The lowest BCUT2D eigenvalue weighted by molar-refractivity contribution is -0.651. The summed E-state index contributed by atoms with van der Waals surface area (Å²) in [5.41, 5.74) is 3.11. The van der Waals surface area contributed by atoms with Gasteiger partial charge in [0, 0.05) is 11.9 Å². The molecule has 0 aliphatic carbocycles. The van der Waals surface area contributed by atoms with Crippen LogP contribution in [0.2, 0.25) is 0 Å². The summed E-state index contributed by atoms with van der Waals surface area (Å²) in [6.45, 7) is 2.97. The van der Waals surface area contributed by atoms with Gasteiger partial charge in [-0.05, 0) is 48.0 Å². The number of fused-ring (bicyclic) bond motifs is 6. The predicted octanol–water partition coefficient (Wildman–Crippen LogP) is 6.34. The molecular weight excluding hydrogens is 396 g/mol. The third kappa shape index (κ3) is 2.80. The zero-order valence-corrected chi connectivity index (χ0v) is 18.1. The summed E-state index contributed by atoms with van der Waals surface area (Å²) >= 11 is 0. The van der Waals surface area contributed by atoms with Gasteiger partial charge in [0.2, 0.25) is 11.5 Å². The Bertz CT molecular complexity index is 1560. The molecule has 0 N–H and O–H groups in total. The Morgan fingerprint density at radius 3 is 2.41 bits per heavy atom. The number of benzene rings is 4. The fourth-order valence-electron chi connectivity index (χ4n) is 4.63. The molecule has 4 aromatic carbocycles. The van der Waals surface area contributed by atoms with Gasteiger partial charge in [-0.1, -0.05) is 54.6 Å². The number of oxazole rings is 1. The van der Waals surface area contributed by atoms with E-state index < -0.39 is 0 Å². The van der Waals surface area contributed by atoms with E-state index in [0.717, 1.165) is 40.9 Å². The normalized spacial score (nSPS) is 14.8. The highest BCUT2D eigenvalue weighted by Crippen LogP contribution is 2.44. The van der Waals surface area contributed by atoms with Crippen molar-refractivity contribution in [3.05, 3.63) is 96.7 Å². The summed E-state index contributed by atoms with van der Waals surface area (Å²) in [5, 5.41) is 4.81. The van der Waals surface area contributed by atoms with E-state index in [9.17, 15) is 0 Å². The molecule has 156 valence electrons. The van der Waals surface area contributed by atoms with Crippen LogP contribution in [0.1, 0.15) is 12.8 Å². The molecule has 0 unspecified atom stereocenters. The summed E-state index contributed by atoms with van der Waals surface area (Å²) in [6, 6.07) is 25.1. The quantitative estimate of drug-likeness (QED) is 0.320. The third-order valence-electron chi connectivity index (χ3n) is 6.15. The molecule has 0 radical (unpaired) electrons. The highest BCUT2D eigenvalue weighted by atomic mass is 16.5. The standard InChI is InChI=1S/C28H23N2O2/c1-3-30-26(32-24-18-16-20-10-5-7-12-22(20)28(24)30)14-8-13-25-29(2)27-21-11-6-4-9-19(21)15-17-23(27)31-25/h4-18H,3H2,1-2H3/q+1. The average Bonchev–Trinajstić information content (AvgIpc) is 3.36. The second-order valence-electron chi connectivity index (χ2n) is 7.98. The molecule has 0 spiro atoms. The number of aromatic nitrogens is 1. The van der Waals surface area contributed by atoms with E-state index in [4.69, 9.17) is 9.15 Å². The molecule has 1 aromatic heterocycles. The number of aryl methyl sites for hydroxylation is 1. The van der Waals surface area contributed by atoms with E-state index in [1.54, 1.807) is 0 Å². The predicted molar refractivity (Wildman–Crippen MR) is 130 cm³/mol. The van der Waals surface area contributed by atoms with Crippen LogP contribution in [0.4, 0.5) is 5.69 Å². The Morgan fingerprint density at radius 1 is 0.875 bits per heavy atom. The van der Waals surface area contributed by atoms with Crippen molar-refractivity contribution in [3.8, 4) is 5.75 Å². The Kier molecular flexibility index (Phi) is 4.25. The van der Waals surface area contributed by atoms with Crippen molar-refractivity contribution in [2.45, 2.75) is 6.92 Å². The zero-order chi connectivity index (χ0) is 21.7. The molecule has 6 rings (SSSR count). The number of ether oxygens (including phenoxy) is 1. The van der Waals surface area contributed by atoms with Gasteiger partial charge >= 0.3 is 5.89 Å². The average molecular weight is 420 g/mol. The molecule has 32 heavy (non-hydrogen) atoms. The van der Waals surface area contributed by atoms with Crippen LogP contribution in [0, 0.1) is 0 Å². The van der Waals surface area contributed by atoms with Crippen molar-refractivity contribution >= 4 is 44.4 Å². The summed E-state index contributed by atoms with van der Waals surface area (Å²) in [4.78, 5) is 2.22. The molecule has 0 saturated carbocycles. The maximum atomic E-state index is 6.20. The number of nitrogens with zero attached hydrogens (tertiary/aromatic N) is 2. The highest BCUT2D eigenvalue weighted by molar-refractivity contribution is 6.02. The van der Waals surface area contributed by atoms with Gasteiger partial charge in [0.1, 0.15) is 7.05 Å². The minimum Gasteiger partial charge on any atom is -0.439 e. The highest BCUT2D eigenvalue weighted by Gasteiger charge is 2.26. The first-order chi connectivity index (χ1) is 15.7. The number of hydrogen-bond acceptors (Lipinski definition) is 3. The second-order valence-corrected chi connectivity index (χ2v) is 7.98. The van der Waals surface area contributed by atoms with Crippen LogP contribution in [-0.2, 0) is 7.05 Å². The van der Waals surface area contributed by atoms with E-state index in [0.29, 0.717) is 0 Å². The molecule has 4 heteroatoms. The van der Waals surface area contributed by atoms with E-state index in [1.807, 2.05) is 31.3 Å².